The lowest BCUT2D eigenvalue weighted by Gasteiger charge is -2.09. The van der Waals surface area contributed by atoms with Gasteiger partial charge in [0.15, 0.2) is 17.5 Å². The average Bonchev–Trinajstić information content (AvgIpc) is 2.69. The standard InChI is InChI=1S/C20H13FN4O/c21-17-11-23-19(15-4-1-3-13(9-15)12-26)25-20(17)24-16-6-7-18-14(10-16)5-2-8-22-18/h1-12H,(H,23,24,25). The number of aromatic nitrogens is 3. The molecule has 0 aliphatic heterocycles. The van der Waals surface area contributed by atoms with Gasteiger partial charge in [-0.15, -0.1) is 0 Å². The quantitative estimate of drug-likeness (QED) is 0.556. The molecule has 0 saturated carbocycles. The minimum absolute atomic E-state index is 0.0646. The molecule has 0 atom stereocenters. The van der Waals surface area contributed by atoms with Crippen LogP contribution in [-0.4, -0.2) is 21.2 Å². The van der Waals surface area contributed by atoms with Crippen LogP contribution in [-0.2, 0) is 0 Å². The van der Waals surface area contributed by atoms with Crippen LogP contribution in [0.5, 0.6) is 0 Å². The van der Waals surface area contributed by atoms with Crippen LogP contribution in [0.4, 0.5) is 15.9 Å². The van der Waals surface area contributed by atoms with Crippen LogP contribution in [0, 0.1) is 5.82 Å². The highest BCUT2D eigenvalue weighted by Gasteiger charge is 2.10. The number of anilines is 2. The zero-order valence-electron chi connectivity index (χ0n) is 13.6. The molecule has 0 spiro atoms. The maximum atomic E-state index is 14.2. The molecule has 2 aromatic carbocycles. The Hall–Kier alpha value is -3.67. The topological polar surface area (TPSA) is 67.8 Å². The number of hydrogen-bond donors (Lipinski definition) is 1. The second-order valence-electron chi connectivity index (χ2n) is 5.67. The van der Waals surface area contributed by atoms with Crippen molar-refractivity contribution in [1.82, 2.24) is 15.0 Å². The van der Waals surface area contributed by atoms with Crippen LogP contribution < -0.4 is 5.32 Å². The third-order valence-electron chi connectivity index (χ3n) is 3.89. The number of benzene rings is 2. The Balaban J connectivity index is 1.70. The molecule has 0 fully saturated rings. The molecule has 2 heterocycles. The minimum atomic E-state index is -0.563. The van der Waals surface area contributed by atoms with Gasteiger partial charge in [0.1, 0.15) is 6.29 Å². The molecule has 6 heteroatoms. The maximum Gasteiger partial charge on any atom is 0.184 e. The van der Waals surface area contributed by atoms with Crippen molar-refractivity contribution in [3.05, 3.63) is 78.4 Å². The van der Waals surface area contributed by atoms with E-state index in [0.29, 0.717) is 22.6 Å². The number of halogens is 1. The summed E-state index contributed by atoms with van der Waals surface area (Å²) in [5.41, 5.74) is 2.69. The van der Waals surface area contributed by atoms with Gasteiger partial charge in [-0.25, -0.2) is 14.4 Å². The van der Waals surface area contributed by atoms with Crippen molar-refractivity contribution < 1.29 is 9.18 Å². The third kappa shape index (κ3) is 3.12. The van der Waals surface area contributed by atoms with E-state index in [0.717, 1.165) is 23.4 Å². The van der Waals surface area contributed by atoms with Crippen LogP contribution in [0.3, 0.4) is 0 Å². The van der Waals surface area contributed by atoms with Crippen LogP contribution in [0.1, 0.15) is 10.4 Å². The Labute approximate surface area is 148 Å². The largest absolute Gasteiger partial charge is 0.338 e. The molecule has 26 heavy (non-hydrogen) atoms. The highest BCUT2D eigenvalue weighted by molar-refractivity contribution is 5.83. The van der Waals surface area contributed by atoms with Gasteiger partial charge in [-0.05, 0) is 30.3 Å². The van der Waals surface area contributed by atoms with Gasteiger partial charge >= 0.3 is 0 Å². The molecule has 0 saturated heterocycles. The van der Waals surface area contributed by atoms with Crippen molar-refractivity contribution >= 4 is 28.7 Å². The second-order valence-corrected chi connectivity index (χ2v) is 5.67. The van der Waals surface area contributed by atoms with Crippen LogP contribution in [0.2, 0.25) is 0 Å². The SMILES string of the molecule is O=Cc1cccc(-c2ncc(F)c(Nc3ccc4ncccc4c3)n2)c1. The van der Waals surface area contributed by atoms with Gasteiger partial charge in [-0.2, -0.15) is 0 Å². The average molecular weight is 344 g/mol. The summed E-state index contributed by atoms with van der Waals surface area (Å²) in [5, 5.41) is 3.92. The van der Waals surface area contributed by atoms with Gasteiger partial charge in [0.2, 0.25) is 0 Å². The molecule has 0 aliphatic rings. The molecular formula is C20H13FN4O. The van der Waals surface area contributed by atoms with Crippen molar-refractivity contribution in [3.63, 3.8) is 0 Å². The highest BCUT2D eigenvalue weighted by Crippen LogP contribution is 2.24. The van der Waals surface area contributed by atoms with Gasteiger partial charge in [-0.1, -0.05) is 24.3 Å². The van der Waals surface area contributed by atoms with Crippen LogP contribution in [0.15, 0.2) is 67.0 Å². The summed E-state index contributed by atoms with van der Waals surface area (Å²) < 4.78 is 14.2. The van der Waals surface area contributed by atoms with E-state index in [4.69, 9.17) is 0 Å². The number of nitrogens with one attached hydrogen (secondary N) is 1. The zero-order valence-corrected chi connectivity index (χ0v) is 13.6. The number of nitrogens with zero attached hydrogens (tertiary/aromatic N) is 3. The summed E-state index contributed by atoms with van der Waals surface area (Å²) >= 11 is 0. The molecule has 1 N–H and O–H groups in total. The number of carbonyl (C=O) groups is 1. The first-order valence-corrected chi connectivity index (χ1v) is 7.93. The van der Waals surface area contributed by atoms with Crippen molar-refractivity contribution in [3.8, 4) is 11.4 Å². The third-order valence-corrected chi connectivity index (χ3v) is 3.89. The van der Waals surface area contributed by atoms with Gasteiger partial charge in [0.25, 0.3) is 0 Å². The molecule has 4 aromatic rings. The van der Waals surface area contributed by atoms with E-state index in [2.05, 4.69) is 20.3 Å². The van der Waals surface area contributed by atoms with Crippen molar-refractivity contribution in [1.29, 1.82) is 0 Å². The predicted octanol–water partition coefficient (Wildman–Crippen LogP) is 4.39. The molecule has 0 aliphatic carbocycles. The number of pyridine rings is 1. The lowest BCUT2D eigenvalue weighted by molar-refractivity contribution is 0.112. The fourth-order valence-electron chi connectivity index (χ4n) is 2.64. The first kappa shape index (κ1) is 15.8. The molecule has 126 valence electrons. The Bertz CT molecular complexity index is 1110. The summed E-state index contributed by atoms with van der Waals surface area (Å²) in [7, 11) is 0. The maximum absolute atomic E-state index is 14.2. The molecule has 4 rings (SSSR count). The lowest BCUT2D eigenvalue weighted by Crippen LogP contribution is -2.01. The summed E-state index contributed by atoms with van der Waals surface area (Å²) in [6.45, 7) is 0. The van der Waals surface area contributed by atoms with Gasteiger partial charge in [0.05, 0.1) is 11.7 Å². The minimum Gasteiger partial charge on any atom is -0.338 e. The molecule has 5 nitrogen and oxygen atoms in total. The number of carbonyl (C=O) groups excluding carboxylic acids is 1. The molecule has 0 radical (unpaired) electrons. The van der Waals surface area contributed by atoms with E-state index >= 15 is 0 Å². The van der Waals surface area contributed by atoms with E-state index in [1.165, 1.54) is 0 Å². The van der Waals surface area contributed by atoms with E-state index in [1.807, 2.05) is 30.3 Å². The van der Waals surface area contributed by atoms with E-state index in [-0.39, 0.29) is 5.82 Å². The van der Waals surface area contributed by atoms with E-state index in [1.54, 1.807) is 30.5 Å². The second kappa shape index (κ2) is 6.68. The Morgan fingerprint density at radius 1 is 1.00 bits per heavy atom. The summed E-state index contributed by atoms with van der Waals surface area (Å²) in [6.07, 6.45) is 3.58. The fraction of sp³-hybridized carbons (Fsp3) is 0. The molecule has 0 bridgehead atoms. The van der Waals surface area contributed by atoms with Crippen molar-refractivity contribution in [2.45, 2.75) is 0 Å². The molecule has 0 unspecified atom stereocenters. The van der Waals surface area contributed by atoms with Crippen LogP contribution in [0.25, 0.3) is 22.3 Å². The summed E-state index contributed by atoms with van der Waals surface area (Å²) in [5.74, 6) is -0.165. The number of aldehydes is 1. The van der Waals surface area contributed by atoms with E-state index < -0.39 is 5.82 Å². The predicted molar refractivity (Wildman–Crippen MR) is 97.8 cm³/mol. The Morgan fingerprint density at radius 2 is 1.92 bits per heavy atom. The number of fused-ring (bicyclic) bond motifs is 1. The van der Waals surface area contributed by atoms with Gasteiger partial charge < -0.3 is 5.32 Å². The zero-order chi connectivity index (χ0) is 17.9. The smallest absolute Gasteiger partial charge is 0.184 e. The van der Waals surface area contributed by atoms with E-state index in [9.17, 15) is 9.18 Å². The normalized spacial score (nSPS) is 10.7. The molecule has 0 amide bonds. The molecular weight excluding hydrogens is 331 g/mol. The first-order chi connectivity index (χ1) is 12.7. The monoisotopic (exact) mass is 344 g/mol. The van der Waals surface area contributed by atoms with Crippen molar-refractivity contribution in [2.75, 3.05) is 5.32 Å². The van der Waals surface area contributed by atoms with Crippen LogP contribution >= 0.6 is 0 Å². The molecule has 2 aromatic heterocycles. The lowest BCUT2D eigenvalue weighted by atomic mass is 10.1. The van der Waals surface area contributed by atoms with Crippen molar-refractivity contribution in [2.24, 2.45) is 0 Å². The summed E-state index contributed by atoms with van der Waals surface area (Å²) in [6, 6.07) is 16.1. The highest BCUT2D eigenvalue weighted by atomic mass is 19.1. The Kier molecular flexibility index (Phi) is 4.07. The summed E-state index contributed by atoms with van der Waals surface area (Å²) in [4.78, 5) is 23.5. The first-order valence-electron chi connectivity index (χ1n) is 7.93. The fourth-order valence-corrected chi connectivity index (χ4v) is 2.64. The number of hydrogen-bond acceptors (Lipinski definition) is 5. The van der Waals surface area contributed by atoms with Gasteiger partial charge in [0, 0.05) is 28.4 Å². The Morgan fingerprint density at radius 3 is 2.81 bits per heavy atom. The number of rotatable bonds is 4. The van der Waals surface area contributed by atoms with Gasteiger partial charge in [-0.3, -0.25) is 9.78 Å².